The summed E-state index contributed by atoms with van der Waals surface area (Å²) < 4.78 is 0. The van der Waals surface area contributed by atoms with E-state index in [1.807, 2.05) is 24.5 Å². The Hall–Kier alpha value is -2.03. The summed E-state index contributed by atoms with van der Waals surface area (Å²) in [7, 11) is 0. The van der Waals surface area contributed by atoms with Gasteiger partial charge >= 0.3 is 0 Å². The number of nitrogens with two attached hydrogens (primary N) is 1. The number of aromatic nitrogens is 1. The maximum Gasteiger partial charge on any atom is 0.0544 e. The van der Waals surface area contributed by atoms with E-state index >= 15 is 0 Å². The number of nitrogens with zero attached hydrogens (tertiary/aromatic N) is 2. The van der Waals surface area contributed by atoms with E-state index in [0.717, 1.165) is 12.2 Å². The summed E-state index contributed by atoms with van der Waals surface area (Å²) in [5, 5.41) is 0. The molecule has 0 radical (unpaired) electrons. The SMILES string of the molecule is Nc1cccc(N2CCCC2c2ccncc2)c1. The molecule has 1 aliphatic heterocycles. The van der Waals surface area contributed by atoms with Gasteiger partial charge in [-0.05, 0) is 48.7 Å². The van der Waals surface area contributed by atoms with Gasteiger partial charge in [-0.2, -0.15) is 0 Å². The molecule has 2 N–H and O–H groups in total. The lowest BCUT2D eigenvalue weighted by Gasteiger charge is -2.27. The van der Waals surface area contributed by atoms with Crippen molar-refractivity contribution in [2.24, 2.45) is 0 Å². The Morgan fingerprint density at radius 2 is 2.00 bits per heavy atom. The van der Waals surface area contributed by atoms with Crippen LogP contribution in [-0.2, 0) is 0 Å². The number of nitrogen functional groups attached to an aromatic ring is 1. The maximum atomic E-state index is 5.87. The van der Waals surface area contributed by atoms with Gasteiger partial charge in [0, 0.05) is 30.3 Å². The third-order valence-electron chi connectivity index (χ3n) is 3.55. The zero-order valence-corrected chi connectivity index (χ0v) is 10.3. The van der Waals surface area contributed by atoms with Gasteiger partial charge in [0.1, 0.15) is 0 Å². The molecule has 0 saturated carbocycles. The summed E-state index contributed by atoms with van der Waals surface area (Å²) in [6.07, 6.45) is 6.15. The van der Waals surface area contributed by atoms with Crippen LogP contribution in [0.5, 0.6) is 0 Å². The lowest BCUT2D eigenvalue weighted by Crippen LogP contribution is -2.22. The van der Waals surface area contributed by atoms with Crippen LogP contribution in [-0.4, -0.2) is 11.5 Å². The largest absolute Gasteiger partial charge is 0.399 e. The summed E-state index contributed by atoms with van der Waals surface area (Å²) in [5.74, 6) is 0. The molecule has 18 heavy (non-hydrogen) atoms. The van der Waals surface area contributed by atoms with Crippen LogP contribution in [0.3, 0.4) is 0 Å². The molecule has 0 bridgehead atoms. The summed E-state index contributed by atoms with van der Waals surface area (Å²) in [4.78, 5) is 6.53. The van der Waals surface area contributed by atoms with Gasteiger partial charge in [-0.3, -0.25) is 4.98 Å². The van der Waals surface area contributed by atoms with Crippen LogP contribution in [0.15, 0.2) is 48.8 Å². The standard InChI is InChI=1S/C15H17N3/c16-13-3-1-4-14(11-13)18-10-2-5-15(18)12-6-8-17-9-7-12/h1,3-4,6-9,11,15H,2,5,10,16H2. The fraction of sp³-hybridized carbons (Fsp3) is 0.267. The van der Waals surface area contributed by atoms with Crippen molar-refractivity contribution in [3.8, 4) is 0 Å². The first kappa shape index (κ1) is 11.1. The van der Waals surface area contributed by atoms with Gasteiger partial charge in [0.25, 0.3) is 0 Å². The van der Waals surface area contributed by atoms with Crippen molar-refractivity contribution in [3.05, 3.63) is 54.4 Å². The van der Waals surface area contributed by atoms with Crippen LogP contribution in [0.25, 0.3) is 0 Å². The number of anilines is 2. The second kappa shape index (κ2) is 4.69. The van der Waals surface area contributed by atoms with Crippen molar-refractivity contribution in [2.45, 2.75) is 18.9 Å². The van der Waals surface area contributed by atoms with Gasteiger partial charge in [0.2, 0.25) is 0 Å². The Morgan fingerprint density at radius 1 is 1.17 bits per heavy atom. The van der Waals surface area contributed by atoms with Crippen molar-refractivity contribution in [2.75, 3.05) is 17.2 Å². The Bertz CT molecular complexity index is 524. The van der Waals surface area contributed by atoms with Crippen LogP contribution in [0.4, 0.5) is 11.4 Å². The predicted molar refractivity (Wildman–Crippen MR) is 74.4 cm³/mol. The first-order valence-corrected chi connectivity index (χ1v) is 6.37. The minimum absolute atomic E-state index is 0.454. The number of rotatable bonds is 2. The van der Waals surface area contributed by atoms with Crippen molar-refractivity contribution >= 4 is 11.4 Å². The van der Waals surface area contributed by atoms with Crippen molar-refractivity contribution in [3.63, 3.8) is 0 Å². The number of pyridine rings is 1. The van der Waals surface area contributed by atoms with Gasteiger partial charge in [-0.1, -0.05) is 6.07 Å². The molecule has 2 aromatic rings. The zero-order valence-electron chi connectivity index (χ0n) is 10.3. The molecule has 2 heterocycles. The molecule has 1 saturated heterocycles. The van der Waals surface area contributed by atoms with Crippen LogP contribution in [0.1, 0.15) is 24.4 Å². The highest BCUT2D eigenvalue weighted by atomic mass is 15.2. The van der Waals surface area contributed by atoms with E-state index in [2.05, 4.69) is 34.1 Å². The van der Waals surface area contributed by atoms with E-state index in [0.29, 0.717) is 6.04 Å². The van der Waals surface area contributed by atoms with E-state index in [1.54, 1.807) is 0 Å². The molecule has 0 spiro atoms. The predicted octanol–water partition coefficient (Wildman–Crippen LogP) is 3.01. The fourth-order valence-electron chi connectivity index (χ4n) is 2.71. The highest BCUT2D eigenvalue weighted by Crippen LogP contribution is 2.36. The second-order valence-corrected chi connectivity index (χ2v) is 4.73. The average molecular weight is 239 g/mol. The molecule has 3 rings (SSSR count). The van der Waals surface area contributed by atoms with E-state index < -0.39 is 0 Å². The minimum atomic E-state index is 0.454. The number of hydrogen-bond donors (Lipinski definition) is 1. The summed E-state index contributed by atoms with van der Waals surface area (Å²) in [6, 6.07) is 12.8. The zero-order chi connectivity index (χ0) is 12.4. The minimum Gasteiger partial charge on any atom is -0.399 e. The molecule has 1 aromatic carbocycles. The average Bonchev–Trinajstić information content (AvgIpc) is 2.89. The fourth-order valence-corrected chi connectivity index (χ4v) is 2.71. The molecule has 1 fully saturated rings. The Balaban J connectivity index is 1.92. The number of hydrogen-bond acceptors (Lipinski definition) is 3. The Labute approximate surface area is 107 Å². The monoisotopic (exact) mass is 239 g/mol. The van der Waals surface area contributed by atoms with Gasteiger partial charge in [0.15, 0.2) is 0 Å². The summed E-state index contributed by atoms with van der Waals surface area (Å²) in [6.45, 7) is 1.09. The quantitative estimate of drug-likeness (QED) is 0.819. The first-order valence-electron chi connectivity index (χ1n) is 6.37. The summed E-state index contributed by atoms with van der Waals surface area (Å²) in [5.41, 5.74) is 9.26. The lowest BCUT2D eigenvalue weighted by atomic mass is 10.1. The third kappa shape index (κ3) is 2.04. The maximum absolute atomic E-state index is 5.87. The molecule has 3 heteroatoms. The van der Waals surface area contributed by atoms with E-state index in [9.17, 15) is 0 Å². The van der Waals surface area contributed by atoms with Gasteiger partial charge < -0.3 is 10.6 Å². The van der Waals surface area contributed by atoms with E-state index in [1.165, 1.54) is 24.1 Å². The van der Waals surface area contributed by atoms with Crippen LogP contribution in [0.2, 0.25) is 0 Å². The molecule has 1 aliphatic rings. The molecular weight excluding hydrogens is 222 g/mol. The molecule has 1 aromatic heterocycles. The lowest BCUT2D eigenvalue weighted by molar-refractivity contribution is 0.718. The number of benzene rings is 1. The van der Waals surface area contributed by atoms with Gasteiger partial charge in [-0.15, -0.1) is 0 Å². The Kier molecular flexibility index (Phi) is 2.89. The topological polar surface area (TPSA) is 42.1 Å². The molecule has 92 valence electrons. The van der Waals surface area contributed by atoms with Crippen LogP contribution >= 0.6 is 0 Å². The first-order chi connectivity index (χ1) is 8.84. The molecule has 1 atom stereocenters. The third-order valence-corrected chi connectivity index (χ3v) is 3.55. The second-order valence-electron chi connectivity index (χ2n) is 4.73. The molecule has 0 aliphatic carbocycles. The smallest absolute Gasteiger partial charge is 0.0544 e. The molecule has 0 amide bonds. The van der Waals surface area contributed by atoms with Crippen molar-refractivity contribution in [1.29, 1.82) is 0 Å². The molecule has 1 unspecified atom stereocenters. The molecule has 3 nitrogen and oxygen atoms in total. The Morgan fingerprint density at radius 3 is 2.78 bits per heavy atom. The normalized spacial score (nSPS) is 19.1. The van der Waals surface area contributed by atoms with Crippen LogP contribution in [0, 0.1) is 0 Å². The molecular formula is C15H17N3. The summed E-state index contributed by atoms with van der Waals surface area (Å²) >= 11 is 0. The van der Waals surface area contributed by atoms with Gasteiger partial charge in [-0.25, -0.2) is 0 Å². The highest BCUT2D eigenvalue weighted by Gasteiger charge is 2.25. The van der Waals surface area contributed by atoms with Gasteiger partial charge in [0.05, 0.1) is 6.04 Å². The highest BCUT2D eigenvalue weighted by molar-refractivity contribution is 5.57. The van der Waals surface area contributed by atoms with Crippen molar-refractivity contribution < 1.29 is 0 Å². The van der Waals surface area contributed by atoms with E-state index in [-0.39, 0.29) is 0 Å². The van der Waals surface area contributed by atoms with Crippen molar-refractivity contribution in [1.82, 2.24) is 4.98 Å². The van der Waals surface area contributed by atoms with E-state index in [4.69, 9.17) is 5.73 Å². The van der Waals surface area contributed by atoms with Crippen LogP contribution < -0.4 is 10.6 Å².